The van der Waals surface area contributed by atoms with Gasteiger partial charge in [-0.25, -0.2) is 4.98 Å². The van der Waals surface area contributed by atoms with Crippen LogP contribution in [0.3, 0.4) is 0 Å². The van der Waals surface area contributed by atoms with Gasteiger partial charge in [0, 0.05) is 35.7 Å². The molecule has 0 saturated carbocycles. The van der Waals surface area contributed by atoms with Gasteiger partial charge in [-0.3, -0.25) is 9.59 Å². The van der Waals surface area contributed by atoms with Crippen LogP contribution in [0.5, 0.6) is 0 Å². The van der Waals surface area contributed by atoms with Crippen molar-refractivity contribution in [1.82, 2.24) is 14.9 Å². The van der Waals surface area contributed by atoms with E-state index in [9.17, 15) is 9.59 Å². The highest BCUT2D eigenvalue weighted by atomic mass is 32.2. The summed E-state index contributed by atoms with van der Waals surface area (Å²) in [5.41, 5.74) is 4.94. The Morgan fingerprint density at radius 1 is 0.909 bits per heavy atom. The number of imidazole rings is 1. The zero-order valence-corrected chi connectivity index (χ0v) is 19.5. The average Bonchev–Trinajstić information content (AvgIpc) is 3.27. The van der Waals surface area contributed by atoms with Crippen molar-refractivity contribution >= 4 is 40.3 Å². The molecule has 0 spiro atoms. The molecule has 0 atom stereocenters. The Balaban J connectivity index is 1.33. The smallest absolute Gasteiger partial charge is 0.255 e. The summed E-state index contributed by atoms with van der Waals surface area (Å²) in [6, 6.07) is 22.5. The quantitative estimate of drug-likeness (QED) is 0.338. The van der Waals surface area contributed by atoms with Crippen LogP contribution in [0.15, 0.2) is 78.0 Å². The summed E-state index contributed by atoms with van der Waals surface area (Å²) in [7, 11) is 0. The number of nitrogens with zero attached hydrogens (tertiary/aromatic N) is 2. The molecule has 0 bridgehead atoms. The first-order valence-corrected chi connectivity index (χ1v) is 11.9. The highest BCUT2D eigenvalue weighted by Crippen LogP contribution is 2.23. The normalized spacial score (nSPS) is 10.8. The molecule has 33 heavy (non-hydrogen) atoms. The molecule has 0 unspecified atom stereocenters. The highest BCUT2D eigenvalue weighted by molar-refractivity contribution is 7.98. The SMILES string of the molecule is CCN(CC)C(=O)c1ccc(NC(=O)c2ccc(CSc3nc4ccccc4[nH]3)cc2)cc1. The van der Waals surface area contributed by atoms with E-state index in [4.69, 9.17) is 0 Å². The molecule has 2 N–H and O–H groups in total. The lowest BCUT2D eigenvalue weighted by molar-refractivity contribution is 0.0773. The van der Waals surface area contributed by atoms with Crippen LogP contribution in [0, 0.1) is 0 Å². The van der Waals surface area contributed by atoms with Crippen LogP contribution >= 0.6 is 11.8 Å². The molecule has 0 aliphatic carbocycles. The second kappa shape index (κ2) is 10.4. The number of H-pyrrole nitrogens is 1. The summed E-state index contributed by atoms with van der Waals surface area (Å²) in [5, 5.41) is 3.77. The van der Waals surface area contributed by atoms with Gasteiger partial charge in [-0.2, -0.15) is 0 Å². The van der Waals surface area contributed by atoms with Crippen LogP contribution in [0.4, 0.5) is 5.69 Å². The Morgan fingerprint density at radius 3 is 2.24 bits per heavy atom. The maximum atomic E-state index is 12.6. The zero-order valence-electron chi connectivity index (χ0n) is 18.7. The van der Waals surface area contributed by atoms with E-state index in [-0.39, 0.29) is 11.8 Å². The molecular formula is C26H26N4O2S. The third-order valence-corrected chi connectivity index (χ3v) is 6.34. The molecule has 0 aliphatic heterocycles. The van der Waals surface area contributed by atoms with Gasteiger partial charge in [0.25, 0.3) is 11.8 Å². The molecule has 0 aliphatic rings. The number of hydrogen-bond donors (Lipinski definition) is 2. The van der Waals surface area contributed by atoms with Gasteiger partial charge in [-0.15, -0.1) is 0 Å². The molecular weight excluding hydrogens is 432 g/mol. The number of carbonyl (C=O) groups is 2. The van der Waals surface area contributed by atoms with Gasteiger partial charge in [-0.1, -0.05) is 36.0 Å². The molecule has 0 saturated heterocycles. The topological polar surface area (TPSA) is 78.1 Å². The molecule has 0 fully saturated rings. The van der Waals surface area contributed by atoms with Crippen molar-refractivity contribution in [3.63, 3.8) is 0 Å². The van der Waals surface area contributed by atoms with E-state index in [1.165, 1.54) is 0 Å². The van der Waals surface area contributed by atoms with Crippen molar-refractivity contribution in [1.29, 1.82) is 0 Å². The van der Waals surface area contributed by atoms with Crippen molar-refractivity contribution in [3.05, 3.63) is 89.5 Å². The summed E-state index contributed by atoms with van der Waals surface area (Å²) < 4.78 is 0. The lowest BCUT2D eigenvalue weighted by Gasteiger charge is -2.18. The summed E-state index contributed by atoms with van der Waals surface area (Å²) in [5.74, 6) is 0.562. The third-order valence-electron chi connectivity index (χ3n) is 5.40. The van der Waals surface area contributed by atoms with Gasteiger partial charge in [-0.05, 0) is 67.9 Å². The fourth-order valence-electron chi connectivity index (χ4n) is 3.49. The summed E-state index contributed by atoms with van der Waals surface area (Å²) >= 11 is 1.63. The zero-order chi connectivity index (χ0) is 23.2. The highest BCUT2D eigenvalue weighted by Gasteiger charge is 2.13. The first-order chi connectivity index (χ1) is 16.1. The number of fused-ring (bicyclic) bond motifs is 1. The molecule has 0 radical (unpaired) electrons. The monoisotopic (exact) mass is 458 g/mol. The van der Waals surface area contributed by atoms with Gasteiger partial charge < -0.3 is 15.2 Å². The summed E-state index contributed by atoms with van der Waals surface area (Å²) in [6.07, 6.45) is 0. The van der Waals surface area contributed by atoms with Crippen molar-refractivity contribution < 1.29 is 9.59 Å². The predicted octanol–water partition coefficient (Wildman–Crippen LogP) is 5.59. The number of anilines is 1. The summed E-state index contributed by atoms with van der Waals surface area (Å²) in [4.78, 5) is 34.7. The van der Waals surface area contributed by atoms with Crippen LogP contribution in [-0.2, 0) is 5.75 Å². The Kier molecular flexibility index (Phi) is 7.10. The number of rotatable bonds is 8. The average molecular weight is 459 g/mol. The van der Waals surface area contributed by atoms with Crippen LogP contribution in [0.25, 0.3) is 11.0 Å². The maximum absolute atomic E-state index is 12.6. The van der Waals surface area contributed by atoms with E-state index in [1.54, 1.807) is 40.9 Å². The number of aromatic amines is 1. The molecule has 4 rings (SSSR count). The minimum Gasteiger partial charge on any atom is -0.339 e. The van der Waals surface area contributed by atoms with Gasteiger partial charge in [0.2, 0.25) is 0 Å². The molecule has 1 heterocycles. The van der Waals surface area contributed by atoms with Gasteiger partial charge in [0.05, 0.1) is 11.0 Å². The van der Waals surface area contributed by atoms with Crippen molar-refractivity contribution in [2.45, 2.75) is 24.8 Å². The van der Waals surface area contributed by atoms with E-state index < -0.39 is 0 Å². The molecule has 168 valence electrons. The third kappa shape index (κ3) is 5.43. The van der Waals surface area contributed by atoms with Gasteiger partial charge >= 0.3 is 0 Å². The Morgan fingerprint density at radius 2 is 1.58 bits per heavy atom. The molecule has 4 aromatic rings. The first-order valence-electron chi connectivity index (χ1n) is 10.9. The Bertz CT molecular complexity index is 1210. The number of benzene rings is 3. The second-order valence-corrected chi connectivity index (χ2v) is 8.52. The number of para-hydroxylation sites is 2. The van der Waals surface area contributed by atoms with Crippen LogP contribution in [0.2, 0.25) is 0 Å². The van der Waals surface area contributed by atoms with Crippen molar-refractivity contribution in [3.8, 4) is 0 Å². The maximum Gasteiger partial charge on any atom is 0.255 e. The van der Waals surface area contributed by atoms with Crippen LogP contribution in [0.1, 0.15) is 40.1 Å². The fraction of sp³-hybridized carbons (Fsp3) is 0.192. The minimum atomic E-state index is -0.186. The van der Waals surface area contributed by atoms with E-state index >= 15 is 0 Å². The van der Waals surface area contributed by atoms with Gasteiger partial charge in [0.15, 0.2) is 5.16 Å². The largest absolute Gasteiger partial charge is 0.339 e. The summed E-state index contributed by atoms with van der Waals surface area (Å²) in [6.45, 7) is 5.25. The molecule has 2 amide bonds. The number of aromatic nitrogens is 2. The van der Waals surface area contributed by atoms with Crippen molar-refractivity contribution in [2.24, 2.45) is 0 Å². The Labute approximate surface area is 197 Å². The van der Waals surface area contributed by atoms with E-state index in [0.717, 1.165) is 27.5 Å². The number of nitrogens with one attached hydrogen (secondary N) is 2. The number of carbonyl (C=O) groups excluding carboxylic acids is 2. The Hall–Kier alpha value is -3.58. The molecule has 7 heteroatoms. The fourth-order valence-corrected chi connectivity index (χ4v) is 4.34. The standard InChI is InChI=1S/C26H26N4O2S/c1-3-30(4-2)25(32)20-13-15-21(16-14-20)27-24(31)19-11-9-18(10-12-19)17-33-26-28-22-7-5-6-8-23(22)29-26/h5-16H,3-4,17H2,1-2H3,(H,27,31)(H,28,29). The van der Waals surface area contributed by atoms with Crippen molar-refractivity contribution in [2.75, 3.05) is 18.4 Å². The van der Waals surface area contributed by atoms with E-state index in [2.05, 4.69) is 15.3 Å². The van der Waals surface area contributed by atoms with E-state index in [1.807, 2.05) is 62.4 Å². The lowest BCUT2D eigenvalue weighted by atomic mass is 10.1. The second-order valence-electron chi connectivity index (χ2n) is 7.55. The number of hydrogen-bond acceptors (Lipinski definition) is 4. The lowest BCUT2D eigenvalue weighted by Crippen LogP contribution is -2.30. The molecule has 6 nitrogen and oxygen atoms in total. The van der Waals surface area contributed by atoms with Gasteiger partial charge in [0.1, 0.15) is 0 Å². The van der Waals surface area contributed by atoms with Crippen LogP contribution < -0.4 is 5.32 Å². The van der Waals surface area contributed by atoms with Crippen LogP contribution in [-0.4, -0.2) is 39.8 Å². The first kappa shape index (κ1) is 22.6. The molecule has 1 aromatic heterocycles. The molecule has 3 aromatic carbocycles. The number of amides is 2. The number of thioether (sulfide) groups is 1. The predicted molar refractivity (Wildman–Crippen MR) is 134 cm³/mol. The van der Waals surface area contributed by atoms with E-state index in [0.29, 0.717) is 29.9 Å². The minimum absolute atomic E-state index is 0.00557.